The minimum Gasteiger partial charge on any atom is -0.497 e. The number of rotatable bonds is 4. The normalized spacial score (nSPS) is 15.7. The molecule has 26 heavy (non-hydrogen) atoms. The molecule has 1 aliphatic rings. The molecule has 1 N–H and O–H groups in total. The van der Waals surface area contributed by atoms with Crippen molar-refractivity contribution < 1.29 is 9.47 Å². The number of halogens is 1. The Bertz CT molecular complexity index is 968. The zero-order chi connectivity index (χ0) is 18.1. The van der Waals surface area contributed by atoms with Crippen LogP contribution in [0.3, 0.4) is 0 Å². The lowest BCUT2D eigenvalue weighted by atomic mass is 10.0. The number of nitrogens with one attached hydrogen (secondary N) is 1. The third-order valence-electron chi connectivity index (χ3n) is 4.24. The second kappa shape index (κ2) is 6.80. The number of fused-ring (bicyclic) bond motifs is 1. The number of nitrogens with zero attached hydrogens (tertiary/aromatic N) is 4. The molecule has 0 saturated carbocycles. The molecule has 0 aliphatic carbocycles. The van der Waals surface area contributed by atoms with E-state index in [4.69, 9.17) is 9.47 Å². The Labute approximate surface area is 158 Å². The maximum Gasteiger partial charge on any atom is 0.248 e. The van der Waals surface area contributed by atoms with Crippen LogP contribution < -0.4 is 14.8 Å². The summed E-state index contributed by atoms with van der Waals surface area (Å²) in [7, 11) is 3.28. The van der Waals surface area contributed by atoms with Crippen LogP contribution in [0, 0.1) is 0 Å². The van der Waals surface area contributed by atoms with Gasteiger partial charge in [0.15, 0.2) is 0 Å². The number of hydrogen-bond donors (Lipinski definition) is 1. The first kappa shape index (κ1) is 16.6. The van der Waals surface area contributed by atoms with Crippen LogP contribution in [0.2, 0.25) is 0 Å². The highest BCUT2D eigenvalue weighted by atomic mass is 79.9. The average Bonchev–Trinajstić information content (AvgIpc) is 3.16. The number of aromatic nitrogens is 4. The van der Waals surface area contributed by atoms with E-state index in [2.05, 4.69) is 42.8 Å². The standard InChI is InChI=1S/C18H16BrN5O2/c1-25-13-7-8-17(26-2)14(9-13)16-10-15(11-3-5-12(19)6-4-11)20-18-21-22-23-24(16)18/h3-10,16H,1-2H3,(H,20,21,23)/t16-/m1/s1. The maximum absolute atomic E-state index is 5.55. The fourth-order valence-corrected chi connectivity index (χ4v) is 3.21. The van der Waals surface area contributed by atoms with Gasteiger partial charge in [-0.1, -0.05) is 33.2 Å². The first-order valence-corrected chi connectivity index (χ1v) is 8.73. The quantitative estimate of drug-likeness (QED) is 0.705. The van der Waals surface area contributed by atoms with Crippen LogP contribution >= 0.6 is 15.9 Å². The number of benzene rings is 2. The third-order valence-corrected chi connectivity index (χ3v) is 4.77. The second-order valence-electron chi connectivity index (χ2n) is 5.71. The first-order chi connectivity index (χ1) is 12.7. The summed E-state index contributed by atoms with van der Waals surface area (Å²) < 4.78 is 13.7. The summed E-state index contributed by atoms with van der Waals surface area (Å²) in [5.41, 5.74) is 2.88. The van der Waals surface area contributed by atoms with Crippen molar-refractivity contribution in [1.82, 2.24) is 20.2 Å². The minimum atomic E-state index is -0.232. The molecule has 7 nitrogen and oxygen atoms in total. The van der Waals surface area contributed by atoms with Gasteiger partial charge in [0.25, 0.3) is 0 Å². The van der Waals surface area contributed by atoms with Crippen molar-refractivity contribution in [1.29, 1.82) is 0 Å². The van der Waals surface area contributed by atoms with E-state index in [-0.39, 0.29) is 6.04 Å². The van der Waals surface area contributed by atoms with Crippen LogP contribution in [0.25, 0.3) is 5.70 Å². The van der Waals surface area contributed by atoms with Crippen molar-refractivity contribution >= 4 is 27.6 Å². The van der Waals surface area contributed by atoms with Crippen LogP contribution in [-0.2, 0) is 0 Å². The van der Waals surface area contributed by atoms with Crippen LogP contribution in [0.5, 0.6) is 11.5 Å². The van der Waals surface area contributed by atoms with E-state index in [9.17, 15) is 0 Å². The van der Waals surface area contributed by atoms with Crippen molar-refractivity contribution in [3.63, 3.8) is 0 Å². The molecule has 1 aliphatic heterocycles. The van der Waals surface area contributed by atoms with Crippen molar-refractivity contribution in [2.45, 2.75) is 6.04 Å². The van der Waals surface area contributed by atoms with Crippen LogP contribution in [-0.4, -0.2) is 34.4 Å². The fraction of sp³-hybridized carbons (Fsp3) is 0.167. The van der Waals surface area contributed by atoms with E-state index < -0.39 is 0 Å². The van der Waals surface area contributed by atoms with E-state index in [0.717, 1.165) is 32.8 Å². The summed E-state index contributed by atoms with van der Waals surface area (Å²) in [5.74, 6) is 2.05. The molecule has 0 amide bonds. The molecule has 0 radical (unpaired) electrons. The zero-order valence-corrected chi connectivity index (χ0v) is 15.8. The molecule has 1 atom stereocenters. The van der Waals surface area contributed by atoms with Crippen molar-refractivity contribution in [2.75, 3.05) is 19.5 Å². The number of allylic oxidation sites excluding steroid dienone is 1. The molecule has 0 spiro atoms. The lowest BCUT2D eigenvalue weighted by molar-refractivity contribution is 0.393. The van der Waals surface area contributed by atoms with Gasteiger partial charge in [-0.15, -0.1) is 0 Å². The summed E-state index contributed by atoms with van der Waals surface area (Å²) in [6, 6.07) is 13.5. The Morgan fingerprint density at radius 3 is 2.62 bits per heavy atom. The fourth-order valence-electron chi connectivity index (χ4n) is 2.94. The summed E-state index contributed by atoms with van der Waals surface area (Å²) >= 11 is 3.47. The Morgan fingerprint density at radius 2 is 1.88 bits per heavy atom. The predicted molar refractivity (Wildman–Crippen MR) is 101 cm³/mol. The minimum absolute atomic E-state index is 0.232. The number of ether oxygens (including phenoxy) is 2. The SMILES string of the molecule is COc1ccc(OC)c([C@H]2C=C(c3ccc(Br)cc3)Nc3nnnn32)c1. The second-order valence-corrected chi connectivity index (χ2v) is 6.63. The number of anilines is 1. The zero-order valence-electron chi connectivity index (χ0n) is 14.2. The van der Waals surface area contributed by atoms with E-state index in [1.54, 1.807) is 18.9 Å². The van der Waals surface area contributed by atoms with E-state index in [1.165, 1.54) is 0 Å². The van der Waals surface area contributed by atoms with E-state index in [0.29, 0.717) is 5.95 Å². The smallest absolute Gasteiger partial charge is 0.248 e. The van der Waals surface area contributed by atoms with Gasteiger partial charge in [-0.2, -0.15) is 4.68 Å². The molecule has 8 heteroatoms. The van der Waals surface area contributed by atoms with Crippen molar-refractivity contribution in [2.24, 2.45) is 0 Å². The monoisotopic (exact) mass is 413 g/mol. The highest BCUT2D eigenvalue weighted by Gasteiger charge is 2.27. The van der Waals surface area contributed by atoms with Gasteiger partial charge in [0.05, 0.1) is 14.2 Å². The first-order valence-electron chi connectivity index (χ1n) is 7.94. The molecule has 0 fully saturated rings. The summed E-state index contributed by atoms with van der Waals surface area (Å²) in [4.78, 5) is 0. The molecule has 132 valence electrons. The molecule has 1 aromatic heterocycles. The summed E-state index contributed by atoms with van der Waals surface area (Å²) in [5, 5.41) is 15.3. The Balaban J connectivity index is 1.85. The topological polar surface area (TPSA) is 74.1 Å². The van der Waals surface area contributed by atoms with Gasteiger partial charge in [-0.3, -0.25) is 0 Å². The van der Waals surface area contributed by atoms with Crippen molar-refractivity contribution in [3.05, 3.63) is 64.1 Å². The molecular formula is C18H16BrN5O2. The van der Waals surface area contributed by atoms with Gasteiger partial charge in [0.1, 0.15) is 17.5 Å². The largest absolute Gasteiger partial charge is 0.497 e. The Morgan fingerprint density at radius 1 is 1.08 bits per heavy atom. The lowest BCUT2D eigenvalue weighted by Crippen LogP contribution is -2.20. The van der Waals surface area contributed by atoms with E-state index >= 15 is 0 Å². The maximum atomic E-state index is 5.55. The Kier molecular flexibility index (Phi) is 4.34. The number of hydrogen-bond acceptors (Lipinski definition) is 6. The molecule has 0 bridgehead atoms. The van der Waals surface area contributed by atoms with Gasteiger partial charge >= 0.3 is 0 Å². The summed E-state index contributed by atoms with van der Waals surface area (Å²) in [6.45, 7) is 0. The van der Waals surface area contributed by atoms with Gasteiger partial charge in [-0.05, 0) is 52.4 Å². The molecular weight excluding hydrogens is 398 g/mol. The Hall–Kier alpha value is -2.87. The third kappa shape index (κ3) is 2.92. The van der Waals surface area contributed by atoms with Crippen LogP contribution in [0.15, 0.2) is 53.0 Å². The highest BCUT2D eigenvalue weighted by Crippen LogP contribution is 2.37. The number of methoxy groups -OCH3 is 2. The van der Waals surface area contributed by atoms with Gasteiger partial charge in [-0.25, -0.2) is 0 Å². The highest BCUT2D eigenvalue weighted by molar-refractivity contribution is 9.10. The molecule has 2 heterocycles. The van der Waals surface area contributed by atoms with Gasteiger partial charge in [0, 0.05) is 15.7 Å². The average molecular weight is 414 g/mol. The van der Waals surface area contributed by atoms with Crippen molar-refractivity contribution in [3.8, 4) is 11.5 Å². The molecule has 3 aromatic rings. The predicted octanol–water partition coefficient (Wildman–Crippen LogP) is 3.51. The summed E-state index contributed by atoms with van der Waals surface area (Å²) in [6.07, 6.45) is 2.07. The molecule has 4 rings (SSSR count). The molecule has 2 aromatic carbocycles. The lowest BCUT2D eigenvalue weighted by Gasteiger charge is -2.25. The van der Waals surface area contributed by atoms with E-state index in [1.807, 2.05) is 42.5 Å². The molecule has 0 unspecified atom stereocenters. The van der Waals surface area contributed by atoms with Crippen LogP contribution in [0.4, 0.5) is 5.95 Å². The van der Waals surface area contributed by atoms with Gasteiger partial charge in [0.2, 0.25) is 5.95 Å². The number of tetrazole rings is 1. The molecule has 0 saturated heterocycles. The van der Waals surface area contributed by atoms with Gasteiger partial charge < -0.3 is 14.8 Å². The van der Waals surface area contributed by atoms with Crippen LogP contribution in [0.1, 0.15) is 17.2 Å².